The summed E-state index contributed by atoms with van der Waals surface area (Å²) in [4.78, 5) is 2.28. The highest BCUT2D eigenvalue weighted by Crippen LogP contribution is 2.12. The molecule has 1 heterocycles. The summed E-state index contributed by atoms with van der Waals surface area (Å²) in [5.41, 5.74) is 0. The van der Waals surface area contributed by atoms with Crippen molar-refractivity contribution in [2.75, 3.05) is 39.8 Å². The van der Waals surface area contributed by atoms with Crippen LogP contribution in [0.1, 0.15) is 26.7 Å². The van der Waals surface area contributed by atoms with Gasteiger partial charge in [0.05, 0.1) is 18.8 Å². The molecule has 2 unspecified atom stereocenters. The van der Waals surface area contributed by atoms with Crippen molar-refractivity contribution in [3.63, 3.8) is 0 Å². The molecular formula is C13H28N2O2. The highest BCUT2D eigenvalue weighted by atomic mass is 16.5. The summed E-state index contributed by atoms with van der Waals surface area (Å²) in [7, 11) is 2.12. The van der Waals surface area contributed by atoms with Gasteiger partial charge < -0.3 is 20.1 Å². The molecule has 1 aliphatic heterocycles. The molecule has 0 saturated carbocycles. The van der Waals surface area contributed by atoms with Gasteiger partial charge in [0.15, 0.2) is 0 Å². The summed E-state index contributed by atoms with van der Waals surface area (Å²) < 4.78 is 5.66. The van der Waals surface area contributed by atoms with Crippen LogP contribution in [0.15, 0.2) is 0 Å². The average Bonchev–Trinajstić information content (AvgIpc) is 2.30. The summed E-state index contributed by atoms with van der Waals surface area (Å²) in [5.74, 6) is 0.414. The third kappa shape index (κ3) is 5.34. The quantitative estimate of drug-likeness (QED) is 0.692. The van der Waals surface area contributed by atoms with Crippen LogP contribution >= 0.6 is 0 Å². The van der Waals surface area contributed by atoms with Crippen molar-refractivity contribution in [1.29, 1.82) is 0 Å². The van der Waals surface area contributed by atoms with Gasteiger partial charge >= 0.3 is 0 Å². The third-order valence-electron chi connectivity index (χ3n) is 3.66. The molecule has 0 spiro atoms. The number of aliphatic hydroxyl groups excluding tert-OH is 1. The maximum Gasteiger partial charge on any atom is 0.0826 e. The van der Waals surface area contributed by atoms with Crippen LogP contribution in [0, 0.1) is 5.92 Å². The van der Waals surface area contributed by atoms with Gasteiger partial charge in [0.1, 0.15) is 0 Å². The number of nitrogens with one attached hydrogen (secondary N) is 1. The summed E-state index contributed by atoms with van der Waals surface area (Å²) in [6.45, 7) is 8.60. The van der Waals surface area contributed by atoms with E-state index in [1.807, 2.05) is 0 Å². The van der Waals surface area contributed by atoms with E-state index in [0.29, 0.717) is 12.5 Å². The van der Waals surface area contributed by atoms with Crippen molar-refractivity contribution in [3.05, 3.63) is 0 Å². The molecule has 0 bridgehead atoms. The molecule has 1 rings (SSSR count). The Morgan fingerprint density at radius 3 is 2.71 bits per heavy atom. The first-order valence-corrected chi connectivity index (χ1v) is 6.86. The zero-order valence-corrected chi connectivity index (χ0v) is 11.5. The Hall–Kier alpha value is -0.160. The molecule has 4 heteroatoms. The van der Waals surface area contributed by atoms with Crippen molar-refractivity contribution in [2.24, 2.45) is 5.92 Å². The van der Waals surface area contributed by atoms with E-state index in [9.17, 15) is 5.11 Å². The number of nitrogens with zero attached hydrogens (tertiary/aromatic N) is 1. The fourth-order valence-corrected chi connectivity index (χ4v) is 2.38. The molecule has 2 atom stereocenters. The Labute approximate surface area is 105 Å². The van der Waals surface area contributed by atoms with Crippen LogP contribution in [0.25, 0.3) is 0 Å². The lowest BCUT2D eigenvalue weighted by Gasteiger charge is -2.30. The molecule has 102 valence electrons. The van der Waals surface area contributed by atoms with Crippen molar-refractivity contribution in [2.45, 2.75) is 38.9 Å². The Balaban J connectivity index is 2.14. The van der Waals surface area contributed by atoms with Crippen LogP contribution in [0.3, 0.4) is 0 Å². The highest BCUT2D eigenvalue weighted by Gasteiger charge is 2.19. The minimum Gasteiger partial charge on any atom is -0.392 e. The molecule has 2 N–H and O–H groups in total. The first kappa shape index (κ1) is 14.9. The maximum atomic E-state index is 9.98. The predicted octanol–water partition coefficient (Wildman–Crippen LogP) is 0.704. The lowest BCUT2D eigenvalue weighted by molar-refractivity contribution is -0.0199. The normalized spacial score (nSPS) is 24.2. The molecule has 0 aromatic carbocycles. The van der Waals surface area contributed by atoms with E-state index in [0.717, 1.165) is 39.1 Å². The maximum absolute atomic E-state index is 9.98. The van der Waals surface area contributed by atoms with E-state index < -0.39 is 0 Å². The summed E-state index contributed by atoms with van der Waals surface area (Å²) in [6.07, 6.45) is 2.12. The molecular weight excluding hydrogens is 216 g/mol. The standard InChI is InChI=1S/C13H28N2O2/c1-4-11(5-2)13(16)9-14-8-12-10-15(3)6-7-17-12/h11-14,16H,4-10H2,1-3H3. The second kappa shape index (κ2) is 8.03. The zero-order chi connectivity index (χ0) is 12.7. The van der Waals surface area contributed by atoms with Gasteiger partial charge in [-0.2, -0.15) is 0 Å². The van der Waals surface area contributed by atoms with Crippen molar-refractivity contribution < 1.29 is 9.84 Å². The van der Waals surface area contributed by atoms with Gasteiger partial charge in [-0.15, -0.1) is 0 Å². The largest absolute Gasteiger partial charge is 0.392 e. The van der Waals surface area contributed by atoms with Crippen molar-refractivity contribution >= 4 is 0 Å². The van der Waals surface area contributed by atoms with E-state index in [4.69, 9.17) is 4.74 Å². The number of aliphatic hydroxyl groups is 1. The van der Waals surface area contributed by atoms with E-state index in [1.54, 1.807) is 0 Å². The highest BCUT2D eigenvalue weighted by molar-refractivity contribution is 4.74. The average molecular weight is 244 g/mol. The van der Waals surface area contributed by atoms with Crippen LogP contribution in [-0.2, 0) is 4.74 Å². The second-order valence-electron chi connectivity index (χ2n) is 5.06. The number of rotatable bonds is 7. The lowest BCUT2D eigenvalue weighted by atomic mass is 9.96. The summed E-state index contributed by atoms with van der Waals surface area (Å²) >= 11 is 0. The van der Waals surface area contributed by atoms with Crippen molar-refractivity contribution in [1.82, 2.24) is 10.2 Å². The van der Waals surface area contributed by atoms with E-state index in [-0.39, 0.29) is 12.2 Å². The van der Waals surface area contributed by atoms with Gasteiger partial charge in [-0.3, -0.25) is 0 Å². The van der Waals surface area contributed by atoms with Crippen LogP contribution in [0.5, 0.6) is 0 Å². The molecule has 17 heavy (non-hydrogen) atoms. The minimum atomic E-state index is -0.230. The molecule has 1 fully saturated rings. The fourth-order valence-electron chi connectivity index (χ4n) is 2.38. The lowest BCUT2D eigenvalue weighted by Crippen LogP contribution is -2.46. The number of hydrogen-bond acceptors (Lipinski definition) is 4. The molecule has 0 aromatic rings. The Morgan fingerprint density at radius 1 is 1.41 bits per heavy atom. The molecule has 0 aliphatic carbocycles. The van der Waals surface area contributed by atoms with Gasteiger partial charge in [0, 0.05) is 26.2 Å². The van der Waals surface area contributed by atoms with Gasteiger partial charge in [0.25, 0.3) is 0 Å². The molecule has 0 aromatic heterocycles. The second-order valence-corrected chi connectivity index (χ2v) is 5.06. The van der Waals surface area contributed by atoms with Gasteiger partial charge in [-0.05, 0) is 13.0 Å². The SMILES string of the molecule is CCC(CC)C(O)CNCC1CN(C)CCO1. The molecule has 1 saturated heterocycles. The van der Waals surface area contributed by atoms with Crippen LogP contribution < -0.4 is 5.32 Å². The molecule has 4 nitrogen and oxygen atoms in total. The van der Waals surface area contributed by atoms with Crippen LogP contribution in [-0.4, -0.2) is 62.0 Å². The van der Waals surface area contributed by atoms with Crippen molar-refractivity contribution in [3.8, 4) is 0 Å². The minimum absolute atomic E-state index is 0.230. The van der Waals surface area contributed by atoms with Gasteiger partial charge in [-0.1, -0.05) is 26.7 Å². The number of hydrogen-bond donors (Lipinski definition) is 2. The number of ether oxygens (including phenoxy) is 1. The fraction of sp³-hybridized carbons (Fsp3) is 1.00. The van der Waals surface area contributed by atoms with Gasteiger partial charge in [-0.25, -0.2) is 0 Å². The molecule has 1 aliphatic rings. The zero-order valence-electron chi connectivity index (χ0n) is 11.5. The summed E-state index contributed by atoms with van der Waals surface area (Å²) in [5, 5.41) is 13.3. The van der Waals surface area contributed by atoms with E-state index in [1.165, 1.54) is 0 Å². The topological polar surface area (TPSA) is 44.7 Å². The monoisotopic (exact) mass is 244 g/mol. The smallest absolute Gasteiger partial charge is 0.0826 e. The number of morpholine rings is 1. The van der Waals surface area contributed by atoms with Gasteiger partial charge in [0.2, 0.25) is 0 Å². The Morgan fingerprint density at radius 2 is 2.12 bits per heavy atom. The number of likely N-dealkylation sites (N-methyl/N-ethyl adjacent to an activating group) is 1. The molecule has 0 radical (unpaired) electrons. The summed E-state index contributed by atoms with van der Waals surface area (Å²) in [6, 6.07) is 0. The van der Waals surface area contributed by atoms with Crippen LogP contribution in [0.2, 0.25) is 0 Å². The Bertz CT molecular complexity index is 196. The van der Waals surface area contributed by atoms with E-state index >= 15 is 0 Å². The first-order valence-electron chi connectivity index (χ1n) is 6.86. The molecule has 0 amide bonds. The predicted molar refractivity (Wildman–Crippen MR) is 70.2 cm³/mol. The third-order valence-corrected chi connectivity index (χ3v) is 3.66. The Kier molecular flexibility index (Phi) is 7.04. The first-order chi connectivity index (χ1) is 8.17. The van der Waals surface area contributed by atoms with Crippen LogP contribution in [0.4, 0.5) is 0 Å². The van der Waals surface area contributed by atoms with E-state index in [2.05, 4.69) is 31.1 Å².